The zero-order valence-electron chi connectivity index (χ0n) is 16.4. The van der Waals surface area contributed by atoms with Gasteiger partial charge < -0.3 is 26.1 Å². The molecule has 0 spiro atoms. The Morgan fingerprint density at radius 2 is 2.19 bits per heavy atom. The Bertz CT molecular complexity index is 839. The molecule has 1 aliphatic heterocycles. The molecule has 27 heavy (non-hydrogen) atoms. The summed E-state index contributed by atoms with van der Waals surface area (Å²) >= 11 is 0. The van der Waals surface area contributed by atoms with Crippen LogP contribution in [0.15, 0.2) is 12.1 Å². The molecule has 146 valence electrons. The van der Waals surface area contributed by atoms with Crippen LogP contribution in [0.1, 0.15) is 48.5 Å². The minimum Gasteiger partial charge on any atom is -0.493 e. The van der Waals surface area contributed by atoms with Crippen LogP contribution in [-0.4, -0.2) is 34.6 Å². The van der Waals surface area contributed by atoms with Crippen LogP contribution in [-0.2, 0) is 19.4 Å². The van der Waals surface area contributed by atoms with Gasteiger partial charge in [0.15, 0.2) is 0 Å². The maximum Gasteiger partial charge on any atom is 0.147 e. The maximum atomic E-state index is 7.77. The number of nitrogens with one attached hydrogen (secondary N) is 2. The largest absolute Gasteiger partial charge is 0.493 e. The fourth-order valence-corrected chi connectivity index (χ4v) is 3.48. The molecule has 0 amide bonds. The standard InChI is InChI=1S/C20H30N6O/c1-12(2)24-6-4-7-26-17(25-18(19(21)22)20(26)23)11-15-10-16-14(5-8-27-16)9-13(15)3/h9-10,12,24H,4-8,11,23H2,1-3H3,(H3,21,22). The van der Waals surface area contributed by atoms with E-state index in [1.165, 1.54) is 11.1 Å². The average molecular weight is 371 g/mol. The molecule has 3 rings (SSSR count). The van der Waals surface area contributed by atoms with Crippen molar-refractivity contribution in [2.24, 2.45) is 5.73 Å². The van der Waals surface area contributed by atoms with E-state index in [0.29, 0.717) is 24.0 Å². The molecule has 1 aliphatic rings. The molecule has 0 saturated heterocycles. The molecule has 0 unspecified atom stereocenters. The van der Waals surface area contributed by atoms with Gasteiger partial charge in [-0.05, 0) is 42.6 Å². The van der Waals surface area contributed by atoms with Crippen molar-refractivity contribution in [3.05, 3.63) is 40.3 Å². The number of nitrogens with two attached hydrogens (primary N) is 2. The van der Waals surface area contributed by atoms with Gasteiger partial charge in [0, 0.05) is 25.4 Å². The summed E-state index contributed by atoms with van der Waals surface area (Å²) in [5, 5.41) is 11.2. The first-order chi connectivity index (χ1) is 12.9. The third-order valence-corrected chi connectivity index (χ3v) is 4.95. The third kappa shape index (κ3) is 4.24. The molecule has 0 aliphatic carbocycles. The first-order valence-electron chi connectivity index (χ1n) is 9.54. The molecular formula is C20H30N6O. The molecule has 0 fully saturated rings. The van der Waals surface area contributed by atoms with Gasteiger partial charge in [-0.2, -0.15) is 0 Å². The van der Waals surface area contributed by atoms with Crippen molar-refractivity contribution in [1.82, 2.24) is 14.9 Å². The van der Waals surface area contributed by atoms with Crippen LogP contribution in [0.2, 0.25) is 0 Å². The summed E-state index contributed by atoms with van der Waals surface area (Å²) in [5.41, 5.74) is 16.0. The normalized spacial score (nSPS) is 13.0. The number of nitrogens with zero attached hydrogens (tertiary/aromatic N) is 2. The molecule has 2 heterocycles. The number of nitrogen functional groups attached to an aromatic ring is 2. The average Bonchev–Trinajstić information content (AvgIpc) is 3.16. The first kappa shape index (κ1) is 19.2. The number of hydrogen-bond acceptors (Lipinski definition) is 5. The molecule has 7 heteroatoms. The molecule has 0 bridgehead atoms. The van der Waals surface area contributed by atoms with Crippen LogP contribution in [0, 0.1) is 12.3 Å². The quantitative estimate of drug-likeness (QED) is 0.322. The number of amidine groups is 1. The van der Waals surface area contributed by atoms with E-state index in [9.17, 15) is 0 Å². The summed E-state index contributed by atoms with van der Waals surface area (Å²) in [5.74, 6) is 2.18. The van der Waals surface area contributed by atoms with Gasteiger partial charge in [0.05, 0.1) is 6.61 Å². The van der Waals surface area contributed by atoms with Crippen molar-refractivity contribution < 1.29 is 4.74 Å². The lowest BCUT2D eigenvalue weighted by Crippen LogP contribution is -2.25. The van der Waals surface area contributed by atoms with Gasteiger partial charge in [-0.1, -0.05) is 19.9 Å². The lowest BCUT2D eigenvalue weighted by molar-refractivity contribution is 0.356. The van der Waals surface area contributed by atoms with Gasteiger partial charge in [-0.25, -0.2) is 4.98 Å². The lowest BCUT2D eigenvalue weighted by atomic mass is 10.0. The molecular weight excluding hydrogens is 340 g/mol. The van der Waals surface area contributed by atoms with Crippen LogP contribution >= 0.6 is 0 Å². The summed E-state index contributed by atoms with van der Waals surface area (Å²) in [4.78, 5) is 4.58. The summed E-state index contributed by atoms with van der Waals surface area (Å²) in [6.07, 6.45) is 2.53. The van der Waals surface area contributed by atoms with E-state index in [2.05, 4.69) is 43.2 Å². The number of anilines is 1. The van der Waals surface area contributed by atoms with E-state index in [-0.39, 0.29) is 5.84 Å². The van der Waals surface area contributed by atoms with Crippen LogP contribution in [0.4, 0.5) is 5.82 Å². The van der Waals surface area contributed by atoms with E-state index in [0.717, 1.165) is 49.7 Å². The highest BCUT2D eigenvalue weighted by molar-refractivity contribution is 5.97. The minimum atomic E-state index is -0.0955. The molecule has 1 aromatic heterocycles. The number of fused-ring (bicyclic) bond motifs is 1. The second-order valence-electron chi connectivity index (χ2n) is 7.45. The number of imidazole rings is 1. The van der Waals surface area contributed by atoms with Crippen molar-refractivity contribution in [1.29, 1.82) is 5.41 Å². The second kappa shape index (κ2) is 8.00. The van der Waals surface area contributed by atoms with Crippen molar-refractivity contribution in [3.8, 4) is 5.75 Å². The van der Waals surface area contributed by atoms with Crippen molar-refractivity contribution in [2.75, 3.05) is 18.9 Å². The predicted molar refractivity (Wildman–Crippen MR) is 109 cm³/mol. The highest BCUT2D eigenvalue weighted by Gasteiger charge is 2.19. The Balaban J connectivity index is 1.85. The Morgan fingerprint density at radius 3 is 2.89 bits per heavy atom. The molecule has 2 aromatic rings. The van der Waals surface area contributed by atoms with Gasteiger partial charge in [0.2, 0.25) is 0 Å². The van der Waals surface area contributed by atoms with Crippen molar-refractivity contribution >= 4 is 11.7 Å². The first-order valence-corrected chi connectivity index (χ1v) is 9.54. The summed E-state index contributed by atoms with van der Waals surface area (Å²) < 4.78 is 7.71. The Morgan fingerprint density at radius 1 is 1.41 bits per heavy atom. The fraction of sp³-hybridized carbons (Fsp3) is 0.500. The van der Waals surface area contributed by atoms with Crippen molar-refractivity contribution in [3.63, 3.8) is 0 Å². The SMILES string of the molecule is Cc1cc2c(cc1Cc1nc(C(=N)N)c(N)n1CCCNC(C)C)OCC2. The smallest absolute Gasteiger partial charge is 0.147 e. The zero-order chi connectivity index (χ0) is 19.6. The van der Waals surface area contributed by atoms with E-state index in [1.807, 2.05) is 4.57 Å². The lowest BCUT2D eigenvalue weighted by Gasteiger charge is -2.13. The zero-order valence-corrected chi connectivity index (χ0v) is 16.4. The minimum absolute atomic E-state index is 0.0955. The summed E-state index contributed by atoms with van der Waals surface area (Å²) in [6.45, 7) is 8.75. The number of ether oxygens (including phenoxy) is 1. The van der Waals surface area contributed by atoms with Crippen LogP contribution < -0.4 is 21.5 Å². The highest BCUT2D eigenvalue weighted by Crippen LogP contribution is 2.30. The van der Waals surface area contributed by atoms with Gasteiger partial charge >= 0.3 is 0 Å². The number of hydrogen-bond donors (Lipinski definition) is 4. The van der Waals surface area contributed by atoms with E-state index in [1.54, 1.807) is 0 Å². The number of benzene rings is 1. The van der Waals surface area contributed by atoms with Crippen molar-refractivity contribution in [2.45, 2.75) is 52.6 Å². The molecule has 0 saturated carbocycles. The van der Waals surface area contributed by atoms with Gasteiger partial charge in [-0.15, -0.1) is 0 Å². The molecule has 1 aromatic carbocycles. The fourth-order valence-electron chi connectivity index (χ4n) is 3.48. The van der Waals surface area contributed by atoms with E-state index in [4.69, 9.17) is 21.6 Å². The molecule has 7 nitrogen and oxygen atoms in total. The Labute approximate surface area is 160 Å². The van der Waals surface area contributed by atoms with Gasteiger partial charge in [-0.3, -0.25) is 5.41 Å². The van der Waals surface area contributed by atoms with Gasteiger partial charge in [0.1, 0.15) is 28.9 Å². The van der Waals surface area contributed by atoms with Gasteiger partial charge in [0.25, 0.3) is 0 Å². The third-order valence-electron chi connectivity index (χ3n) is 4.95. The molecule has 0 atom stereocenters. The number of aromatic nitrogens is 2. The number of aryl methyl sites for hydroxylation is 1. The van der Waals surface area contributed by atoms with Crippen LogP contribution in [0.25, 0.3) is 0 Å². The maximum absolute atomic E-state index is 7.77. The second-order valence-corrected chi connectivity index (χ2v) is 7.45. The van der Waals surface area contributed by atoms with Crippen LogP contribution in [0.3, 0.4) is 0 Å². The topological polar surface area (TPSA) is 115 Å². The molecule has 0 radical (unpaired) electrons. The monoisotopic (exact) mass is 370 g/mol. The summed E-state index contributed by atoms with van der Waals surface area (Å²) in [6, 6.07) is 4.76. The van der Waals surface area contributed by atoms with Crippen LogP contribution in [0.5, 0.6) is 5.75 Å². The molecule has 6 N–H and O–H groups in total. The Kier molecular flexibility index (Phi) is 5.70. The predicted octanol–water partition coefficient (Wildman–Crippen LogP) is 1.97. The van der Waals surface area contributed by atoms with E-state index < -0.39 is 0 Å². The Hall–Kier alpha value is -2.54. The highest BCUT2D eigenvalue weighted by atomic mass is 16.5. The van der Waals surface area contributed by atoms with E-state index >= 15 is 0 Å². The summed E-state index contributed by atoms with van der Waals surface area (Å²) in [7, 11) is 0. The number of rotatable bonds is 8.